The Labute approximate surface area is 151 Å². The summed E-state index contributed by atoms with van der Waals surface area (Å²) < 4.78 is 5.21. The van der Waals surface area contributed by atoms with Gasteiger partial charge in [-0.2, -0.15) is 0 Å². The number of ether oxygens (including phenoxy) is 1. The molecule has 0 radical (unpaired) electrons. The van der Waals surface area contributed by atoms with Gasteiger partial charge in [0.25, 0.3) is 0 Å². The number of esters is 1. The average Bonchev–Trinajstić information content (AvgIpc) is 2.54. The van der Waals surface area contributed by atoms with Crippen molar-refractivity contribution in [3.8, 4) is 0 Å². The number of benzene rings is 1. The Balaban J connectivity index is 2.64. The lowest BCUT2D eigenvalue weighted by molar-refractivity contribution is -0.139. The van der Waals surface area contributed by atoms with Crippen LogP contribution in [0.15, 0.2) is 29.5 Å². The van der Waals surface area contributed by atoms with E-state index < -0.39 is 12.0 Å². The molecule has 1 aromatic rings. The molecule has 0 aliphatic carbocycles. The van der Waals surface area contributed by atoms with Gasteiger partial charge in [-0.1, -0.05) is 48.7 Å². The molecule has 0 spiro atoms. The van der Waals surface area contributed by atoms with Gasteiger partial charge in [-0.15, -0.1) is 0 Å². The second-order valence-electron chi connectivity index (χ2n) is 5.42. The summed E-state index contributed by atoms with van der Waals surface area (Å²) in [6, 6.07) is 4.14. The highest BCUT2D eigenvalue weighted by molar-refractivity contribution is 6.42. The molecule has 1 aliphatic rings. The number of allylic oxidation sites excluding steroid dienone is 1. The van der Waals surface area contributed by atoms with Crippen molar-refractivity contribution in [1.82, 2.24) is 10.2 Å². The van der Waals surface area contributed by atoms with Gasteiger partial charge in [0, 0.05) is 12.7 Å². The zero-order chi connectivity index (χ0) is 17.9. The zero-order valence-corrected chi connectivity index (χ0v) is 15.4. The quantitative estimate of drug-likeness (QED) is 0.785. The molecule has 0 unspecified atom stereocenters. The number of nitrogens with one attached hydrogen (secondary N) is 1. The van der Waals surface area contributed by atoms with Crippen LogP contribution in [0.5, 0.6) is 0 Å². The number of carbonyl (C=O) groups excluding carboxylic acids is 2. The molecule has 1 heterocycles. The predicted octanol–water partition coefficient (Wildman–Crippen LogP) is 4.31. The number of rotatable bonds is 5. The lowest BCUT2D eigenvalue weighted by atomic mass is 9.93. The number of halogens is 2. The van der Waals surface area contributed by atoms with Crippen molar-refractivity contribution in [2.24, 2.45) is 0 Å². The maximum absolute atomic E-state index is 12.6. The van der Waals surface area contributed by atoms with E-state index in [1.807, 2.05) is 6.92 Å². The predicted molar refractivity (Wildman–Crippen MR) is 94.1 cm³/mol. The minimum Gasteiger partial charge on any atom is -0.463 e. The molecular formula is C17H20Cl2N2O3. The number of urea groups is 1. The summed E-state index contributed by atoms with van der Waals surface area (Å²) >= 11 is 12.4. The van der Waals surface area contributed by atoms with Crippen molar-refractivity contribution in [3.63, 3.8) is 0 Å². The van der Waals surface area contributed by atoms with Crippen molar-refractivity contribution in [1.29, 1.82) is 0 Å². The lowest BCUT2D eigenvalue weighted by Crippen LogP contribution is -2.47. The Morgan fingerprint density at radius 3 is 2.67 bits per heavy atom. The molecule has 1 N–H and O–H groups in total. The monoisotopic (exact) mass is 370 g/mol. The van der Waals surface area contributed by atoms with Gasteiger partial charge in [0.1, 0.15) is 0 Å². The van der Waals surface area contributed by atoms with Gasteiger partial charge in [0.05, 0.1) is 28.3 Å². The van der Waals surface area contributed by atoms with Gasteiger partial charge in [0.2, 0.25) is 0 Å². The van der Waals surface area contributed by atoms with Crippen LogP contribution in [0.2, 0.25) is 10.0 Å². The molecule has 2 amide bonds. The molecule has 7 heteroatoms. The fourth-order valence-corrected chi connectivity index (χ4v) is 3.14. The van der Waals surface area contributed by atoms with Crippen LogP contribution in [0, 0.1) is 0 Å². The van der Waals surface area contributed by atoms with Crippen LogP contribution < -0.4 is 5.32 Å². The molecule has 0 saturated heterocycles. The Morgan fingerprint density at radius 1 is 1.33 bits per heavy atom. The van der Waals surface area contributed by atoms with Crippen molar-refractivity contribution in [2.75, 3.05) is 13.7 Å². The Morgan fingerprint density at radius 2 is 2.04 bits per heavy atom. The summed E-state index contributed by atoms with van der Waals surface area (Å²) in [5.41, 5.74) is 1.60. The first-order valence-electron chi connectivity index (χ1n) is 7.80. The van der Waals surface area contributed by atoms with Gasteiger partial charge >= 0.3 is 12.0 Å². The zero-order valence-electron chi connectivity index (χ0n) is 13.9. The van der Waals surface area contributed by atoms with Gasteiger partial charge < -0.3 is 15.0 Å². The van der Waals surface area contributed by atoms with Gasteiger partial charge in [-0.3, -0.25) is 0 Å². The minimum absolute atomic E-state index is 0.245. The average molecular weight is 371 g/mol. The third-order valence-corrected chi connectivity index (χ3v) is 4.69. The molecule has 0 bridgehead atoms. The third-order valence-electron chi connectivity index (χ3n) is 3.85. The van der Waals surface area contributed by atoms with E-state index in [1.165, 1.54) is 4.90 Å². The SMILES string of the molecule is CCCC1=C(C(=O)OCC)[C@H](c2cccc(Cl)c2Cl)NC(=O)N1C. The summed E-state index contributed by atoms with van der Waals surface area (Å²) in [5, 5.41) is 3.49. The van der Waals surface area contributed by atoms with E-state index in [2.05, 4.69) is 5.32 Å². The number of hydrogen-bond acceptors (Lipinski definition) is 3. The summed E-state index contributed by atoms with van der Waals surface area (Å²) in [5.74, 6) is -0.464. The molecular weight excluding hydrogens is 351 g/mol. The normalized spacial score (nSPS) is 17.8. The van der Waals surface area contributed by atoms with Crippen molar-refractivity contribution < 1.29 is 14.3 Å². The van der Waals surface area contributed by atoms with Crippen molar-refractivity contribution >= 4 is 35.2 Å². The standard InChI is InChI=1S/C17H20Cl2N2O3/c1-4-7-12-13(16(22)24-5-2)15(20-17(23)21(12)3)10-8-6-9-11(18)14(10)19/h6,8-9,15H,4-5,7H2,1-3H3,(H,20,23)/t15-/m0/s1. The van der Waals surface area contributed by atoms with Crippen LogP contribution >= 0.6 is 23.2 Å². The Kier molecular flexibility index (Phi) is 6.13. The second kappa shape index (κ2) is 7.90. The molecule has 1 atom stereocenters. The molecule has 0 saturated carbocycles. The van der Waals surface area contributed by atoms with Crippen LogP contribution in [0.1, 0.15) is 38.3 Å². The van der Waals surface area contributed by atoms with Crippen LogP contribution in [-0.2, 0) is 9.53 Å². The van der Waals surface area contributed by atoms with E-state index >= 15 is 0 Å². The smallest absolute Gasteiger partial charge is 0.338 e. The molecule has 130 valence electrons. The van der Waals surface area contributed by atoms with Gasteiger partial charge in [0.15, 0.2) is 0 Å². The summed E-state index contributed by atoms with van der Waals surface area (Å²) in [4.78, 5) is 26.4. The molecule has 0 aromatic heterocycles. The topological polar surface area (TPSA) is 58.6 Å². The molecule has 0 fully saturated rings. The summed E-state index contributed by atoms with van der Waals surface area (Å²) in [7, 11) is 1.63. The maximum atomic E-state index is 12.6. The van der Waals surface area contributed by atoms with Crippen LogP contribution in [0.4, 0.5) is 4.79 Å². The number of carbonyl (C=O) groups is 2. The minimum atomic E-state index is -0.694. The van der Waals surface area contributed by atoms with Gasteiger partial charge in [-0.05, 0) is 25.0 Å². The molecule has 2 rings (SSSR count). The third kappa shape index (κ3) is 3.52. The van der Waals surface area contributed by atoms with Crippen LogP contribution in [0.25, 0.3) is 0 Å². The van der Waals surface area contributed by atoms with E-state index in [0.717, 1.165) is 6.42 Å². The molecule has 5 nitrogen and oxygen atoms in total. The summed E-state index contributed by atoms with van der Waals surface area (Å²) in [6.45, 7) is 3.97. The fraction of sp³-hybridized carbons (Fsp3) is 0.412. The first-order valence-corrected chi connectivity index (χ1v) is 8.56. The highest BCUT2D eigenvalue weighted by atomic mass is 35.5. The Hall–Kier alpha value is -1.72. The molecule has 1 aliphatic heterocycles. The molecule has 24 heavy (non-hydrogen) atoms. The highest BCUT2D eigenvalue weighted by Crippen LogP contribution is 2.38. The van der Waals surface area contributed by atoms with Gasteiger partial charge in [-0.25, -0.2) is 9.59 Å². The van der Waals surface area contributed by atoms with E-state index in [0.29, 0.717) is 33.3 Å². The largest absolute Gasteiger partial charge is 0.463 e. The van der Waals surface area contributed by atoms with E-state index in [1.54, 1.807) is 32.2 Å². The van der Waals surface area contributed by atoms with Crippen molar-refractivity contribution in [2.45, 2.75) is 32.7 Å². The molecule has 1 aromatic carbocycles. The lowest BCUT2D eigenvalue weighted by Gasteiger charge is -2.35. The first-order chi connectivity index (χ1) is 11.4. The number of hydrogen-bond donors (Lipinski definition) is 1. The maximum Gasteiger partial charge on any atom is 0.338 e. The van der Waals surface area contributed by atoms with E-state index in [-0.39, 0.29) is 12.6 Å². The number of nitrogens with zero attached hydrogens (tertiary/aromatic N) is 1. The summed E-state index contributed by atoms with van der Waals surface area (Å²) in [6.07, 6.45) is 1.36. The van der Waals surface area contributed by atoms with Crippen molar-refractivity contribution in [3.05, 3.63) is 45.1 Å². The second-order valence-corrected chi connectivity index (χ2v) is 6.20. The van der Waals surface area contributed by atoms with E-state index in [4.69, 9.17) is 27.9 Å². The fourth-order valence-electron chi connectivity index (χ4n) is 2.72. The Bertz CT molecular complexity index is 688. The number of amides is 2. The van der Waals surface area contributed by atoms with Crippen LogP contribution in [0.3, 0.4) is 0 Å². The first kappa shape index (κ1) is 18.6. The highest BCUT2D eigenvalue weighted by Gasteiger charge is 2.37. The van der Waals surface area contributed by atoms with Crippen LogP contribution in [-0.4, -0.2) is 30.6 Å². The van der Waals surface area contributed by atoms with E-state index in [9.17, 15) is 9.59 Å².